The Balaban J connectivity index is 1.74. The van der Waals surface area contributed by atoms with Crippen molar-refractivity contribution in [2.75, 3.05) is 13.1 Å². The Hall–Kier alpha value is -1.08. The Morgan fingerprint density at radius 2 is 1.25 bits per heavy atom. The van der Waals surface area contributed by atoms with Crippen LogP contribution in [0, 0.1) is 0 Å². The van der Waals surface area contributed by atoms with E-state index in [2.05, 4.69) is 0 Å². The summed E-state index contributed by atoms with van der Waals surface area (Å²) in [5.74, 6) is -0.0602. The largest absolute Gasteiger partial charge is 0.331 e. The van der Waals surface area contributed by atoms with Crippen molar-refractivity contribution in [3.05, 3.63) is 42.7 Å². The van der Waals surface area contributed by atoms with Crippen molar-refractivity contribution in [1.82, 2.24) is 9.80 Å². The Kier molecular flexibility index (Phi) is 5.20. The predicted octanol–water partition coefficient (Wildman–Crippen LogP) is 4.49. The average molecular weight is 403 g/mol. The molecule has 0 spiro atoms. The quantitative estimate of drug-likeness (QED) is 0.741. The van der Waals surface area contributed by atoms with Gasteiger partial charge < -0.3 is 9.80 Å². The molecule has 0 bridgehead atoms. The molecule has 0 N–H and O–H groups in total. The monoisotopic (exact) mass is 402 g/mol. The molecule has 3 rings (SSSR count). The maximum Gasteiger partial charge on any atom is 0.264 e. The Morgan fingerprint density at radius 3 is 1.54 bits per heavy atom. The van der Waals surface area contributed by atoms with E-state index >= 15 is 0 Å². The second-order valence-electron chi connectivity index (χ2n) is 5.82. The molecule has 128 valence electrons. The SMILES string of the molecule is CC1CN(C(=O)c2ccc(Cl)s2)C(C)CN1C(=O)c1ccc(Cl)s1. The summed E-state index contributed by atoms with van der Waals surface area (Å²) in [4.78, 5) is 30.2. The van der Waals surface area contributed by atoms with Crippen LogP contribution in [-0.2, 0) is 0 Å². The van der Waals surface area contributed by atoms with E-state index in [1.807, 2.05) is 23.6 Å². The van der Waals surface area contributed by atoms with Crippen molar-refractivity contribution in [2.45, 2.75) is 25.9 Å². The zero-order valence-corrected chi connectivity index (χ0v) is 16.3. The number of amides is 2. The summed E-state index contributed by atoms with van der Waals surface area (Å²) in [7, 11) is 0. The van der Waals surface area contributed by atoms with Crippen LogP contribution in [0.1, 0.15) is 33.2 Å². The number of piperazine rings is 1. The fourth-order valence-corrected chi connectivity index (χ4v) is 4.83. The number of carbonyl (C=O) groups excluding carboxylic acids is 2. The molecule has 1 saturated heterocycles. The standard InChI is InChI=1S/C16H16Cl2N2O2S2/c1-9-7-20(16(22)12-4-6-14(18)24-12)10(2)8-19(9)15(21)11-3-5-13(17)23-11/h3-6,9-10H,7-8H2,1-2H3. The van der Waals surface area contributed by atoms with Gasteiger partial charge in [0.25, 0.3) is 11.8 Å². The first-order chi connectivity index (χ1) is 11.4. The van der Waals surface area contributed by atoms with Gasteiger partial charge in [0.15, 0.2) is 0 Å². The number of hydrogen-bond donors (Lipinski definition) is 0. The highest BCUT2D eigenvalue weighted by atomic mass is 35.5. The molecular weight excluding hydrogens is 387 g/mol. The Morgan fingerprint density at radius 1 is 0.875 bits per heavy atom. The van der Waals surface area contributed by atoms with Gasteiger partial charge in [0.1, 0.15) is 0 Å². The third-order valence-electron chi connectivity index (χ3n) is 4.08. The lowest BCUT2D eigenvalue weighted by molar-refractivity contribution is 0.0275. The lowest BCUT2D eigenvalue weighted by atomic mass is 10.1. The van der Waals surface area contributed by atoms with Gasteiger partial charge in [0, 0.05) is 25.2 Å². The van der Waals surface area contributed by atoms with Gasteiger partial charge in [0.2, 0.25) is 0 Å². The molecule has 1 fully saturated rings. The zero-order valence-electron chi connectivity index (χ0n) is 13.2. The first kappa shape index (κ1) is 17.7. The smallest absolute Gasteiger partial charge is 0.264 e. The highest BCUT2D eigenvalue weighted by Gasteiger charge is 2.35. The van der Waals surface area contributed by atoms with Gasteiger partial charge in [-0.05, 0) is 38.1 Å². The number of thiophene rings is 2. The van der Waals surface area contributed by atoms with Crippen LogP contribution < -0.4 is 0 Å². The van der Waals surface area contributed by atoms with Crippen molar-refractivity contribution in [1.29, 1.82) is 0 Å². The third-order valence-corrected chi connectivity index (χ3v) is 6.51. The molecule has 0 radical (unpaired) electrons. The predicted molar refractivity (Wildman–Crippen MR) is 99.7 cm³/mol. The minimum absolute atomic E-state index is 0.0301. The normalized spacial score (nSPS) is 21.2. The third kappa shape index (κ3) is 3.47. The van der Waals surface area contributed by atoms with Gasteiger partial charge in [-0.25, -0.2) is 0 Å². The van der Waals surface area contributed by atoms with Gasteiger partial charge in [-0.1, -0.05) is 23.2 Å². The van der Waals surface area contributed by atoms with Crippen LogP contribution >= 0.6 is 45.9 Å². The van der Waals surface area contributed by atoms with E-state index < -0.39 is 0 Å². The van der Waals surface area contributed by atoms with E-state index in [1.165, 1.54) is 22.7 Å². The lowest BCUT2D eigenvalue weighted by Crippen LogP contribution is -2.59. The van der Waals surface area contributed by atoms with Crippen LogP contribution in [0.15, 0.2) is 24.3 Å². The van der Waals surface area contributed by atoms with Crippen LogP contribution in [-0.4, -0.2) is 46.8 Å². The van der Waals surface area contributed by atoms with Gasteiger partial charge in [0.05, 0.1) is 18.4 Å². The zero-order chi connectivity index (χ0) is 17.4. The summed E-state index contributed by atoms with van der Waals surface area (Å²) >= 11 is 14.4. The molecule has 2 aromatic heterocycles. The number of rotatable bonds is 2. The van der Waals surface area contributed by atoms with Gasteiger partial charge in [-0.2, -0.15) is 0 Å². The van der Waals surface area contributed by atoms with Crippen LogP contribution in [0.25, 0.3) is 0 Å². The van der Waals surface area contributed by atoms with E-state index in [-0.39, 0.29) is 23.9 Å². The second kappa shape index (κ2) is 7.04. The average Bonchev–Trinajstić information content (AvgIpc) is 3.16. The van der Waals surface area contributed by atoms with Gasteiger partial charge in [-0.3, -0.25) is 9.59 Å². The highest BCUT2D eigenvalue weighted by molar-refractivity contribution is 7.18. The molecule has 1 aliphatic rings. The second-order valence-corrected chi connectivity index (χ2v) is 9.25. The first-order valence-electron chi connectivity index (χ1n) is 7.49. The summed E-state index contributed by atoms with van der Waals surface area (Å²) in [5.41, 5.74) is 0. The molecule has 1 aliphatic heterocycles. The molecule has 2 atom stereocenters. The molecule has 8 heteroatoms. The van der Waals surface area contributed by atoms with Crippen molar-refractivity contribution < 1.29 is 9.59 Å². The first-order valence-corrected chi connectivity index (χ1v) is 9.88. The number of hydrogen-bond acceptors (Lipinski definition) is 4. The number of nitrogens with zero attached hydrogens (tertiary/aromatic N) is 2. The van der Waals surface area contributed by atoms with Crippen molar-refractivity contribution in [3.63, 3.8) is 0 Å². The van der Waals surface area contributed by atoms with E-state index in [1.54, 1.807) is 24.3 Å². The van der Waals surface area contributed by atoms with Crippen LogP contribution in [0.2, 0.25) is 8.67 Å². The molecule has 2 aromatic rings. The van der Waals surface area contributed by atoms with Crippen molar-refractivity contribution in [3.8, 4) is 0 Å². The van der Waals surface area contributed by atoms with E-state index in [0.717, 1.165) is 0 Å². The molecule has 0 saturated carbocycles. The van der Waals surface area contributed by atoms with Crippen LogP contribution in [0.4, 0.5) is 0 Å². The fourth-order valence-electron chi connectivity index (χ4n) is 2.83. The van der Waals surface area contributed by atoms with E-state index in [0.29, 0.717) is 31.5 Å². The molecule has 0 aliphatic carbocycles. The Labute approximate surface area is 158 Å². The molecule has 2 unspecified atom stereocenters. The molecule has 0 aromatic carbocycles. The topological polar surface area (TPSA) is 40.6 Å². The lowest BCUT2D eigenvalue weighted by Gasteiger charge is -2.43. The minimum Gasteiger partial charge on any atom is -0.331 e. The summed E-state index contributed by atoms with van der Waals surface area (Å²) in [6, 6.07) is 6.83. The number of halogens is 2. The molecule has 4 nitrogen and oxygen atoms in total. The summed E-state index contributed by atoms with van der Waals surface area (Å²) in [6.45, 7) is 4.92. The van der Waals surface area contributed by atoms with Crippen molar-refractivity contribution >= 4 is 57.7 Å². The molecular formula is C16H16Cl2N2O2S2. The molecule has 3 heterocycles. The highest BCUT2D eigenvalue weighted by Crippen LogP contribution is 2.28. The molecule has 2 amide bonds. The van der Waals surface area contributed by atoms with Gasteiger partial charge >= 0.3 is 0 Å². The van der Waals surface area contributed by atoms with Crippen molar-refractivity contribution in [2.24, 2.45) is 0 Å². The van der Waals surface area contributed by atoms with E-state index in [4.69, 9.17) is 23.2 Å². The van der Waals surface area contributed by atoms with E-state index in [9.17, 15) is 9.59 Å². The maximum atomic E-state index is 12.7. The molecule has 24 heavy (non-hydrogen) atoms. The van der Waals surface area contributed by atoms with Gasteiger partial charge in [-0.15, -0.1) is 22.7 Å². The fraction of sp³-hybridized carbons (Fsp3) is 0.375. The Bertz CT molecular complexity index is 709. The number of carbonyl (C=O) groups is 2. The summed E-state index contributed by atoms with van der Waals surface area (Å²) in [6.07, 6.45) is 0. The summed E-state index contributed by atoms with van der Waals surface area (Å²) < 4.78 is 1.20. The van der Waals surface area contributed by atoms with Crippen LogP contribution in [0.5, 0.6) is 0 Å². The maximum absolute atomic E-state index is 12.7. The summed E-state index contributed by atoms with van der Waals surface area (Å²) in [5, 5.41) is 0. The minimum atomic E-state index is -0.0611. The van der Waals surface area contributed by atoms with Crippen LogP contribution in [0.3, 0.4) is 0 Å².